The molecule has 0 aliphatic carbocycles. The number of thioether (sulfide) groups is 1. The molecule has 0 fully saturated rings. The van der Waals surface area contributed by atoms with Gasteiger partial charge in [-0.2, -0.15) is 0 Å². The van der Waals surface area contributed by atoms with E-state index in [0.717, 1.165) is 27.9 Å². The number of aryl methyl sites for hydroxylation is 1. The molecule has 0 atom stereocenters. The summed E-state index contributed by atoms with van der Waals surface area (Å²) in [6.07, 6.45) is 0. The Morgan fingerprint density at radius 1 is 1.17 bits per heavy atom. The van der Waals surface area contributed by atoms with E-state index < -0.39 is 0 Å². The summed E-state index contributed by atoms with van der Waals surface area (Å²) in [5, 5.41) is 13.2. The predicted molar refractivity (Wildman–Crippen MR) is 114 cm³/mol. The van der Waals surface area contributed by atoms with Gasteiger partial charge in [0.15, 0.2) is 22.3 Å². The number of benzene rings is 2. The lowest BCUT2D eigenvalue weighted by molar-refractivity contribution is -0.113. The number of rotatable bonds is 5. The van der Waals surface area contributed by atoms with Gasteiger partial charge in [-0.25, -0.2) is 0 Å². The van der Waals surface area contributed by atoms with Crippen molar-refractivity contribution >= 4 is 39.9 Å². The standard InChI is InChI=1S/C21H18N4O4S/c1-12-7-13-8-15(27-2)4-5-16(13)25-20(12)23-24-21(25)30-10-19(26)22-14-3-6-17-18(9-14)29-11-28-17/h3-9H,10-11H2,1-2H3,(H,22,26). The molecule has 0 radical (unpaired) electrons. The second kappa shape index (κ2) is 7.42. The first-order chi connectivity index (χ1) is 14.6. The van der Waals surface area contributed by atoms with E-state index in [1.807, 2.05) is 29.5 Å². The van der Waals surface area contributed by atoms with Crippen molar-refractivity contribution in [1.29, 1.82) is 0 Å². The monoisotopic (exact) mass is 422 g/mol. The summed E-state index contributed by atoms with van der Waals surface area (Å²) < 4.78 is 17.9. The lowest BCUT2D eigenvalue weighted by Crippen LogP contribution is -2.14. The van der Waals surface area contributed by atoms with Crippen LogP contribution < -0.4 is 19.5 Å². The van der Waals surface area contributed by atoms with Crippen molar-refractivity contribution in [3.63, 3.8) is 0 Å². The Labute approximate surface area is 176 Å². The molecule has 3 heterocycles. The smallest absolute Gasteiger partial charge is 0.234 e. The number of aromatic nitrogens is 3. The Morgan fingerprint density at radius 3 is 2.90 bits per heavy atom. The molecular weight excluding hydrogens is 404 g/mol. The van der Waals surface area contributed by atoms with Gasteiger partial charge in [0.05, 0.1) is 18.4 Å². The van der Waals surface area contributed by atoms with Gasteiger partial charge in [0.2, 0.25) is 12.7 Å². The van der Waals surface area contributed by atoms with Crippen molar-refractivity contribution < 1.29 is 19.0 Å². The van der Waals surface area contributed by atoms with Gasteiger partial charge in [-0.15, -0.1) is 10.2 Å². The van der Waals surface area contributed by atoms with E-state index in [9.17, 15) is 4.79 Å². The highest BCUT2D eigenvalue weighted by Crippen LogP contribution is 2.34. The van der Waals surface area contributed by atoms with Gasteiger partial charge >= 0.3 is 0 Å². The van der Waals surface area contributed by atoms with Crippen molar-refractivity contribution in [2.75, 3.05) is 25.0 Å². The van der Waals surface area contributed by atoms with Gasteiger partial charge in [-0.1, -0.05) is 11.8 Å². The van der Waals surface area contributed by atoms with Crippen LogP contribution in [0.5, 0.6) is 17.2 Å². The summed E-state index contributed by atoms with van der Waals surface area (Å²) in [6, 6.07) is 13.2. The van der Waals surface area contributed by atoms with Crippen LogP contribution in [0.1, 0.15) is 5.56 Å². The Balaban J connectivity index is 1.38. The van der Waals surface area contributed by atoms with Crippen molar-refractivity contribution in [2.45, 2.75) is 12.1 Å². The third-order valence-electron chi connectivity index (χ3n) is 4.82. The maximum Gasteiger partial charge on any atom is 0.234 e. The van der Waals surface area contributed by atoms with E-state index in [0.29, 0.717) is 22.3 Å². The highest BCUT2D eigenvalue weighted by atomic mass is 32.2. The van der Waals surface area contributed by atoms with E-state index >= 15 is 0 Å². The summed E-state index contributed by atoms with van der Waals surface area (Å²) in [5.41, 5.74) is 3.38. The normalized spacial score (nSPS) is 12.5. The van der Waals surface area contributed by atoms with Gasteiger partial charge in [-0.3, -0.25) is 9.20 Å². The van der Waals surface area contributed by atoms with E-state index in [1.165, 1.54) is 11.8 Å². The average molecular weight is 422 g/mol. The lowest BCUT2D eigenvalue weighted by Gasteiger charge is -2.09. The second-order valence-corrected chi connectivity index (χ2v) is 7.74. The second-order valence-electron chi connectivity index (χ2n) is 6.80. The first kappa shape index (κ1) is 18.6. The van der Waals surface area contributed by atoms with Crippen LogP contribution in [-0.4, -0.2) is 40.2 Å². The van der Waals surface area contributed by atoms with Crippen LogP contribution in [0.25, 0.3) is 16.6 Å². The van der Waals surface area contributed by atoms with Crippen LogP contribution >= 0.6 is 11.8 Å². The lowest BCUT2D eigenvalue weighted by atomic mass is 10.1. The highest BCUT2D eigenvalue weighted by Gasteiger charge is 2.16. The fourth-order valence-corrected chi connectivity index (χ4v) is 4.16. The predicted octanol–water partition coefficient (Wildman–Crippen LogP) is 3.66. The number of amides is 1. The zero-order chi connectivity index (χ0) is 20.7. The SMILES string of the molecule is COc1ccc2c(c1)cc(C)c1nnc(SCC(=O)Nc3ccc4c(c3)OCO4)n12. The maximum atomic E-state index is 12.5. The number of ether oxygens (including phenoxy) is 3. The Bertz CT molecular complexity index is 1290. The van der Waals surface area contributed by atoms with Gasteiger partial charge in [-0.05, 0) is 48.9 Å². The number of hydrogen-bond acceptors (Lipinski definition) is 7. The van der Waals surface area contributed by atoms with Crippen molar-refractivity contribution in [2.24, 2.45) is 0 Å². The van der Waals surface area contributed by atoms with Crippen LogP contribution in [0, 0.1) is 6.92 Å². The molecule has 1 amide bonds. The van der Waals surface area contributed by atoms with Gasteiger partial charge in [0, 0.05) is 17.1 Å². The molecule has 0 saturated carbocycles. The summed E-state index contributed by atoms with van der Waals surface area (Å²) in [4.78, 5) is 12.5. The topological polar surface area (TPSA) is 87.0 Å². The number of fused-ring (bicyclic) bond motifs is 4. The minimum absolute atomic E-state index is 0.144. The maximum absolute atomic E-state index is 12.5. The van der Waals surface area contributed by atoms with E-state index in [4.69, 9.17) is 14.2 Å². The first-order valence-corrected chi connectivity index (χ1v) is 10.3. The van der Waals surface area contributed by atoms with Crippen LogP contribution in [0.15, 0.2) is 47.6 Å². The summed E-state index contributed by atoms with van der Waals surface area (Å²) >= 11 is 1.33. The summed E-state index contributed by atoms with van der Waals surface area (Å²) in [5.74, 6) is 2.14. The quantitative estimate of drug-likeness (QED) is 0.491. The number of anilines is 1. The summed E-state index contributed by atoms with van der Waals surface area (Å²) in [6.45, 7) is 2.19. The molecule has 152 valence electrons. The minimum Gasteiger partial charge on any atom is -0.497 e. The van der Waals surface area contributed by atoms with Crippen molar-refractivity contribution in [3.05, 3.63) is 48.0 Å². The molecule has 30 heavy (non-hydrogen) atoms. The average Bonchev–Trinajstić information content (AvgIpc) is 3.39. The molecular formula is C21H18N4O4S. The molecule has 5 rings (SSSR count). The molecule has 0 unspecified atom stereocenters. The van der Waals surface area contributed by atoms with Crippen LogP contribution in [-0.2, 0) is 4.79 Å². The van der Waals surface area contributed by atoms with Gasteiger partial charge in [0.25, 0.3) is 0 Å². The Kier molecular flexibility index (Phi) is 4.59. The third kappa shape index (κ3) is 3.26. The van der Waals surface area contributed by atoms with Crippen molar-refractivity contribution in [3.8, 4) is 17.2 Å². The summed E-state index contributed by atoms with van der Waals surface area (Å²) in [7, 11) is 1.64. The fraction of sp³-hybridized carbons (Fsp3) is 0.190. The number of carbonyl (C=O) groups is 1. The molecule has 1 aliphatic heterocycles. The number of nitrogens with one attached hydrogen (secondary N) is 1. The van der Waals surface area contributed by atoms with Crippen LogP contribution in [0.3, 0.4) is 0 Å². The van der Waals surface area contributed by atoms with E-state index in [2.05, 4.69) is 21.6 Å². The van der Waals surface area contributed by atoms with Crippen LogP contribution in [0.4, 0.5) is 5.69 Å². The molecule has 0 saturated heterocycles. The molecule has 1 N–H and O–H groups in total. The van der Waals surface area contributed by atoms with Gasteiger partial charge < -0.3 is 19.5 Å². The fourth-order valence-electron chi connectivity index (χ4n) is 3.41. The number of pyridine rings is 1. The molecule has 9 heteroatoms. The number of nitrogens with zero attached hydrogens (tertiary/aromatic N) is 3. The van der Waals surface area contributed by atoms with Crippen molar-refractivity contribution in [1.82, 2.24) is 14.6 Å². The number of methoxy groups -OCH3 is 1. The number of hydrogen-bond donors (Lipinski definition) is 1. The van der Waals surface area contributed by atoms with E-state index in [1.54, 1.807) is 25.3 Å². The highest BCUT2D eigenvalue weighted by molar-refractivity contribution is 7.99. The molecule has 2 aromatic carbocycles. The molecule has 1 aliphatic rings. The largest absolute Gasteiger partial charge is 0.497 e. The molecule has 0 bridgehead atoms. The van der Waals surface area contributed by atoms with E-state index in [-0.39, 0.29) is 18.5 Å². The zero-order valence-corrected chi connectivity index (χ0v) is 17.2. The number of carbonyl (C=O) groups excluding carboxylic acids is 1. The third-order valence-corrected chi connectivity index (χ3v) is 5.75. The Morgan fingerprint density at radius 2 is 2.03 bits per heavy atom. The van der Waals surface area contributed by atoms with Gasteiger partial charge in [0.1, 0.15) is 5.75 Å². The first-order valence-electron chi connectivity index (χ1n) is 9.27. The molecule has 0 spiro atoms. The Hall–Kier alpha value is -3.46. The zero-order valence-electron chi connectivity index (χ0n) is 16.3. The molecule has 8 nitrogen and oxygen atoms in total. The molecule has 4 aromatic rings. The molecule has 2 aromatic heterocycles. The minimum atomic E-state index is -0.144. The van der Waals surface area contributed by atoms with Crippen LogP contribution in [0.2, 0.25) is 0 Å².